The van der Waals surface area contributed by atoms with Crippen LogP contribution in [0.2, 0.25) is 0 Å². The van der Waals surface area contributed by atoms with Crippen molar-refractivity contribution in [3.8, 4) is 0 Å². The largest absolute Gasteiger partial charge is 0.385 e. The van der Waals surface area contributed by atoms with Crippen molar-refractivity contribution in [2.75, 3.05) is 0 Å². The lowest BCUT2D eigenvalue weighted by Crippen LogP contribution is -2.21. The first-order chi connectivity index (χ1) is 5.72. The van der Waals surface area contributed by atoms with E-state index >= 15 is 0 Å². The van der Waals surface area contributed by atoms with Crippen molar-refractivity contribution in [3.63, 3.8) is 0 Å². The number of rotatable bonds is 0. The maximum absolute atomic E-state index is 11.3. The fraction of sp³-hybridized carbons (Fsp3) is 0.700. The molecule has 0 amide bonds. The van der Waals surface area contributed by atoms with Gasteiger partial charge in [-0.25, -0.2) is 0 Å². The molecule has 0 aromatic carbocycles. The second kappa shape index (κ2) is 4.41. The summed E-state index contributed by atoms with van der Waals surface area (Å²) in [6, 6.07) is 0. The Hall–Kier alpha value is -0.630. The second-order valence-corrected chi connectivity index (χ2v) is 3.44. The van der Waals surface area contributed by atoms with Crippen molar-refractivity contribution in [1.82, 2.24) is 0 Å². The fourth-order valence-corrected chi connectivity index (χ4v) is 1.52. The molecule has 1 unspecified atom stereocenters. The van der Waals surface area contributed by atoms with Crippen LogP contribution in [0.3, 0.4) is 0 Å². The maximum atomic E-state index is 11.3. The quantitative estimate of drug-likeness (QED) is 0.560. The number of hydrogen-bond acceptors (Lipinski definition) is 2. The van der Waals surface area contributed by atoms with Crippen LogP contribution in [0.1, 0.15) is 38.5 Å². The molecule has 1 fully saturated rings. The van der Waals surface area contributed by atoms with Crippen LogP contribution >= 0.6 is 0 Å². The summed E-state index contributed by atoms with van der Waals surface area (Å²) in [6.07, 6.45) is 4.86. The first-order valence-electron chi connectivity index (χ1n) is 4.62. The lowest BCUT2D eigenvalue weighted by molar-refractivity contribution is -0.123. The number of carbonyl (C=O) groups is 1. The van der Waals surface area contributed by atoms with Crippen LogP contribution in [0.15, 0.2) is 12.2 Å². The van der Waals surface area contributed by atoms with Crippen LogP contribution in [-0.4, -0.2) is 17.0 Å². The monoisotopic (exact) mass is 168 g/mol. The van der Waals surface area contributed by atoms with E-state index in [1.807, 2.05) is 0 Å². The van der Waals surface area contributed by atoms with E-state index in [0.29, 0.717) is 12.0 Å². The number of carbonyl (C=O) groups excluding carboxylic acids is 1. The lowest BCUT2D eigenvalue weighted by Gasteiger charge is -2.07. The SMILES string of the molecule is C=C1CCCCCCC(O)C1=O. The van der Waals surface area contributed by atoms with Gasteiger partial charge in [-0.15, -0.1) is 0 Å². The van der Waals surface area contributed by atoms with E-state index in [9.17, 15) is 9.90 Å². The highest BCUT2D eigenvalue weighted by atomic mass is 16.3. The smallest absolute Gasteiger partial charge is 0.186 e. The van der Waals surface area contributed by atoms with E-state index in [1.165, 1.54) is 0 Å². The predicted molar refractivity (Wildman–Crippen MR) is 47.9 cm³/mol. The minimum absolute atomic E-state index is 0.142. The standard InChI is InChI=1S/C10H16O2/c1-8-6-4-2-3-5-7-9(11)10(8)12/h9,11H,1-7H2. The highest BCUT2D eigenvalue weighted by Crippen LogP contribution is 2.17. The third-order valence-corrected chi connectivity index (χ3v) is 2.36. The van der Waals surface area contributed by atoms with E-state index in [0.717, 1.165) is 32.1 Å². The van der Waals surface area contributed by atoms with Crippen LogP contribution in [0.25, 0.3) is 0 Å². The first kappa shape index (κ1) is 9.46. The number of Topliss-reactive ketones (excluding diaryl/α,β-unsaturated/α-hetero) is 1. The number of aliphatic hydroxyl groups is 1. The van der Waals surface area contributed by atoms with Gasteiger partial charge in [-0.2, -0.15) is 0 Å². The summed E-state index contributed by atoms with van der Waals surface area (Å²) in [7, 11) is 0. The zero-order chi connectivity index (χ0) is 8.97. The number of ketones is 1. The van der Waals surface area contributed by atoms with Crippen molar-refractivity contribution in [3.05, 3.63) is 12.2 Å². The van der Waals surface area contributed by atoms with Crippen molar-refractivity contribution in [1.29, 1.82) is 0 Å². The fourth-order valence-electron chi connectivity index (χ4n) is 1.52. The molecule has 12 heavy (non-hydrogen) atoms. The molecular weight excluding hydrogens is 152 g/mol. The van der Waals surface area contributed by atoms with Gasteiger partial charge in [-0.1, -0.05) is 25.8 Å². The third-order valence-electron chi connectivity index (χ3n) is 2.36. The van der Waals surface area contributed by atoms with Gasteiger partial charge in [0.1, 0.15) is 6.10 Å². The zero-order valence-electron chi connectivity index (χ0n) is 7.38. The Labute approximate surface area is 73.3 Å². The molecule has 1 atom stereocenters. The topological polar surface area (TPSA) is 37.3 Å². The summed E-state index contributed by atoms with van der Waals surface area (Å²) in [4.78, 5) is 11.3. The van der Waals surface area contributed by atoms with Crippen LogP contribution < -0.4 is 0 Å². The van der Waals surface area contributed by atoms with E-state index in [2.05, 4.69) is 6.58 Å². The van der Waals surface area contributed by atoms with E-state index in [-0.39, 0.29) is 5.78 Å². The third kappa shape index (κ3) is 2.45. The summed E-state index contributed by atoms with van der Waals surface area (Å²) < 4.78 is 0. The molecule has 1 rings (SSSR count). The van der Waals surface area contributed by atoms with Gasteiger partial charge in [0, 0.05) is 0 Å². The maximum Gasteiger partial charge on any atom is 0.186 e. The molecule has 2 nitrogen and oxygen atoms in total. The summed E-state index contributed by atoms with van der Waals surface area (Å²) >= 11 is 0. The molecule has 0 spiro atoms. The molecule has 0 saturated heterocycles. The lowest BCUT2D eigenvalue weighted by atomic mass is 10.0. The summed E-state index contributed by atoms with van der Waals surface area (Å²) in [6.45, 7) is 3.68. The average molecular weight is 168 g/mol. The Morgan fingerprint density at radius 2 is 1.92 bits per heavy atom. The Balaban J connectivity index is 2.56. The Kier molecular flexibility index (Phi) is 3.48. The molecular formula is C10H16O2. The molecule has 1 aliphatic rings. The van der Waals surface area contributed by atoms with Gasteiger partial charge >= 0.3 is 0 Å². The van der Waals surface area contributed by atoms with E-state index < -0.39 is 6.10 Å². The highest BCUT2D eigenvalue weighted by molar-refractivity contribution is 5.97. The molecule has 0 radical (unpaired) electrons. The molecule has 1 aliphatic carbocycles. The Bertz CT molecular complexity index is 184. The molecule has 1 saturated carbocycles. The average Bonchev–Trinajstić information content (AvgIpc) is 2.12. The van der Waals surface area contributed by atoms with Gasteiger partial charge in [0.05, 0.1) is 0 Å². The molecule has 0 bridgehead atoms. The van der Waals surface area contributed by atoms with Gasteiger partial charge in [-0.05, 0) is 24.8 Å². The van der Waals surface area contributed by atoms with Crippen molar-refractivity contribution >= 4 is 5.78 Å². The molecule has 2 heteroatoms. The van der Waals surface area contributed by atoms with Gasteiger partial charge in [-0.3, -0.25) is 4.79 Å². The van der Waals surface area contributed by atoms with E-state index in [1.54, 1.807) is 0 Å². The van der Waals surface area contributed by atoms with Crippen molar-refractivity contribution in [2.45, 2.75) is 44.6 Å². The Morgan fingerprint density at radius 3 is 2.67 bits per heavy atom. The van der Waals surface area contributed by atoms with Crippen LogP contribution in [0, 0.1) is 0 Å². The van der Waals surface area contributed by atoms with Gasteiger partial charge in [0.2, 0.25) is 0 Å². The van der Waals surface area contributed by atoms with Crippen LogP contribution in [0.5, 0.6) is 0 Å². The number of aliphatic hydroxyl groups excluding tert-OH is 1. The highest BCUT2D eigenvalue weighted by Gasteiger charge is 2.18. The number of hydrogen-bond donors (Lipinski definition) is 1. The Morgan fingerprint density at radius 1 is 1.25 bits per heavy atom. The molecule has 0 aromatic heterocycles. The van der Waals surface area contributed by atoms with Crippen molar-refractivity contribution in [2.24, 2.45) is 0 Å². The zero-order valence-corrected chi connectivity index (χ0v) is 7.38. The minimum Gasteiger partial charge on any atom is -0.385 e. The normalized spacial score (nSPS) is 27.6. The summed E-state index contributed by atoms with van der Waals surface area (Å²) in [5.74, 6) is -0.142. The van der Waals surface area contributed by atoms with Gasteiger partial charge in [0.15, 0.2) is 5.78 Å². The molecule has 1 N–H and O–H groups in total. The minimum atomic E-state index is -0.782. The van der Waals surface area contributed by atoms with Crippen molar-refractivity contribution < 1.29 is 9.90 Å². The molecule has 0 aromatic rings. The molecule has 0 heterocycles. The predicted octanol–water partition coefficient (Wildman–Crippen LogP) is 1.83. The molecule has 0 aliphatic heterocycles. The summed E-state index contributed by atoms with van der Waals surface area (Å²) in [5, 5.41) is 9.37. The van der Waals surface area contributed by atoms with Gasteiger partial charge < -0.3 is 5.11 Å². The van der Waals surface area contributed by atoms with E-state index in [4.69, 9.17) is 0 Å². The van der Waals surface area contributed by atoms with Crippen LogP contribution in [0.4, 0.5) is 0 Å². The first-order valence-corrected chi connectivity index (χ1v) is 4.62. The second-order valence-electron chi connectivity index (χ2n) is 3.44. The summed E-state index contributed by atoms with van der Waals surface area (Å²) in [5.41, 5.74) is 0.601. The van der Waals surface area contributed by atoms with Crippen LogP contribution in [-0.2, 0) is 4.79 Å². The van der Waals surface area contributed by atoms with Gasteiger partial charge in [0.25, 0.3) is 0 Å². The molecule has 68 valence electrons.